The maximum Gasteiger partial charge on any atom is 0.238 e. The number of amides is 1. The van der Waals surface area contributed by atoms with Gasteiger partial charge in [-0.25, -0.2) is 9.97 Å². The molecule has 1 aromatic carbocycles. The fraction of sp³-hybridized carbons (Fsp3) is 0.167. The Labute approximate surface area is 160 Å². The number of carbonyl (C=O) groups excluding carboxylic acids is 1. The predicted octanol–water partition coefficient (Wildman–Crippen LogP) is 5.36. The van der Waals surface area contributed by atoms with Gasteiger partial charge in [-0.15, -0.1) is 0 Å². The number of pyridine rings is 2. The first-order chi connectivity index (χ1) is 11.9. The van der Waals surface area contributed by atoms with E-state index in [0.717, 1.165) is 21.5 Å². The van der Waals surface area contributed by atoms with Crippen LogP contribution < -0.4 is 5.32 Å². The molecule has 1 amide bonds. The van der Waals surface area contributed by atoms with Gasteiger partial charge in [0.05, 0.1) is 25.8 Å². The van der Waals surface area contributed by atoms with Gasteiger partial charge in [-0.05, 0) is 37.6 Å². The molecule has 0 saturated carbocycles. The van der Waals surface area contributed by atoms with Crippen LogP contribution in [0.15, 0.2) is 47.6 Å². The number of para-hydroxylation sites is 1. The molecule has 0 spiro atoms. The lowest BCUT2D eigenvalue weighted by Gasteiger charge is -2.13. The van der Waals surface area contributed by atoms with Gasteiger partial charge in [0.1, 0.15) is 0 Å². The Morgan fingerprint density at radius 1 is 1.24 bits per heavy atom. The smallest absolute Gasteiger partial charge is 0.238 e. The lowest BCUT2D eigenvalue weighted by atomic mass is 10.1. The largest absolute Gasteiger partial charge is 0.308 e. The second-order valence-electron chi connectivity index (χ2n) is 5.53. The number of hydrogen-bond donors (Lipinski definition) is 1. The number of aryl methyl sites for hydroxylation is 1. The van der Waals surface area contributed by atoms with E-state index in [0.29, 0.717) is 15.9 Å². The number of hydrogen-bond acceptors (Lipinski definition) is 4. The molecule has 0 saturated heterocycles. The van der Waals surface area contributed by atoms with Gasteiger partial charge in [-0.3, -0.25) is 4.79 Å². The maximum absolute atomic E-state index is 12.4. The highest BCUT2D eigenvalue weighted by molar-refractivity contribution is 8.00. The summed E-state index contributed by atoms with van der Waals surface area (Å²) in [5.41, 5.74) is 2.04. The van der Waals surface area contributed by atoms with Crippen LogP contribution in [0.5, 0.6) is 0 Å². The van der Waals surface area contributed by atoms with Crippen molar-refractivity contribution in [3.63, 3.8) is 0 Å². The summed E-state index contributed by atoms with van der Waals surface area (Å²) in [4.78, 5) is 21.1. The summed E-state index contributed by atoms with van der Waals surface area (Å²) in [5, 5.41) is 4.99. The highest BCUT2D eigenvalue weighted by Crippen LogP contribution is 2.28. The number of fused-ring (bicyclic) bond motifs is 1. The van der Waals surface area contributed by atoms with E-state index in [1.165, 1.54) is 24.0 Å². The van der Waals surface area contributed by atoms with Crippen molar-refractivity contribution in [2.24, 2.45) is 0 Å². The zero-order chi connectivity index (χ0) is 18.0. The minimum atomic E-state index is -0.360. The van der Waals surface area contributed by atoms with E-state index >= 15 is 0 Å². The second-order valence-corrected chi connectivity index (χ2v) is 7.73. The molecule has 0 bridgehead atoms. The third-order valence-electron chi connectivity index (χ3n) is 3.62. The fourth-order valence-corrected chi connectivity index (χ4v) is 3.69. The van der Waals surface area contributed by atoms with Gasteiger partial charge in [0.25, 0.3) is 0 Å². The standard InChI is InChI=1S/C18H15Cl2N3OS/c1-10-7-16(22-15-6-4-3-5-13(10)15)25-11(2)18(24)23-17-14(20)8-12(19)9-21-17/h3-9,11H,1-2H3,(H,21,23,24)/t11-/m0/s1. The molecular formula is C18H15Cl2N3OS. The minimum Gasteiger partial charge on any atom is -0.308 e. The number of carbonyl (C=O) groups is 1. The van der Waals surface area contributed by atoms with Crippen LogP contribution in [-0.2, 0) is 4.79 Å². The first-order valence-corrected chi connectivity index (χ1v) is 9.22. The molecule has 1 atom stereocenters. The van der Waals surface area contributed by atoms with Gasteiger partial charge in [0.2, 0.25) is 5.91 Å². The fourth-order valence-electron chi connectivity index (χ4n) is 2.34. The van der Waals surface area contributed by atoms with Gasteiger partial charge in [0, 0.05) is 11.6 Å². The van der Waals surface area contributed by atoms with E-state index in [9.17, 15) is 4.79 Å². The molecule has 0 radical (unpaired) electrons. The third kappa shape index (κ3) is 4.24. The van der Waals surface area contributed by atoms with Crippen molar-refractivity contribution in [1.29, 1.82) is 0 Å². The van der Waals surface area contributed by atoms with Crippen molar-refractivity contribution < 1.29 is 4.79 Å². The van der Waals surface area contributed by atoms with Crippen molar-refractivity contribution in [1.82, 2.24) is 9.97 Å². The van der Waals surface area contributed by atoms with Gasteiger partial charge < -0.3 is 5.32 Å². The molecule has 7 heteroatoms. The summed E-state index contributed by atoms with van der Waals surface area (Å²) in [6.45, 7) is 3.85. The summed E-state index contributed by atoms with van der Waals surface area (Å²) in [6.07, 6.45) is 1.44. The maximum atomic E-state index is 12.4. The first-order valence-electron chi connectivity index (χ1n) is 7.59. The molecular weight excluding hydrogens is 377 g/mol. The van der Waals surface area contributed by atoms with Crippen LogP contribution in [-0.4, -0.2) is 21.1 Å². The number of thioether (sulfide) groups is 1. The Morgan fingerprint density at radius 3 is 2.76 bits per heavy atom. The van der Waals surface area contributed by atoms with Crippen LogP contribution in [0.2, 0.25) is 10.0 Å². The van der Waals surface area contributed by atoms with Gasteiger partial charge in [0.15, 0.2) is 5.82 Å². The third-order valence-corrected chi connectivity index (χ3v) is 5.13. The van der Waals surface area contributed by atoms with Crippen LogP contribution in [0.1, 0.15) is 12.5 Å². The number of halogens is 2. The molecule has 3 rings (SSSR count). The van der Waals surface area contributed by atoms with Crippen LogP contribution >= 0.6 is 35.0 Å². The van der Waals surface area contributed by atoms with E-state index in [1.807, 2.05) is 44.2 Å². The van der Waals surface area contributed by atoms with Crippen molar-refractivity contribution in [3.05, 3.63) is 58.2 Å². The van der Waals surface area contributed by atoms with Crippen molar-refractivity contribution in [2.75, 3.05) is 5.32 Å². The zero-order valence-electron chi connectivity index (χ0n) is 13.6. The average molecular weight is 392 g/mol. The Balaban J connectivity index is 1.75. The van der Waals surface area contributed by atoms with E-state index in [-0.39, 0.29) is 11.2 Å². The molecule has 0 unspecified atom stereocenters. The lowest BCUT2D eigenvalue weighted by Crippen LogP contribution is -2.23. The van der Waals surface area contributed by atoms with Gasteiger partial charge in [-0.1, -0.05) is 53.2 Å². The molecule has 128 valence electrons. The molecule has 4 nitrogen and oxygen atoms in total. The normalized spacial score (nSPS) is 12.2. The number of aromatic nitrogens is 2. The van der Waals surface area contributed by atoms with E-state index in [1.54, 1.807) is 0 Å². The Morgan fingerprint density at radius 2 is 2.00 bits per heavy atom. The molecule has 2 aromatic heterocycles. The summed E-state index contributed by atoms with van der Waals surface area (Å²) in [6, 6.07) is 11.5. The number of benzene rings is 1. The summed E-state index contributed by atoms with van der Waals surface area (Å²) < 4.78 is 0. The highest BCUT2D eigenvalue weighted by atomic mass is 35.5. The van der Waals surface area contributed by atoms with Crippen LogP contribution in [0.3, 0.4) is 0 Å². The number of anilines is 1. The Kier molecular flexibility index (Phi) is 5.47. The van der Waals surface area contributed by atoms with E-state index in [2.05, 4.69) is 15.3 Å². The molecule has 0 aliphatic rings. The van der Waals surface area contributed by atoms with Crippen LogP contribution in [0.4, 0.5) is 5.82 Å². The molecule has 0 fully saturated rings. The van der Waals surface area contributed by atoms with Crippen molar-refractivity contribution in [3.8, 4) is 0 Å². The molecule has 2 heterocycles. The second kappa shape index (κ2) is 7.60. The van der Waals surface area contributed by atoms with Crippen molar-refractivity contribution >= 4 is 57.6 Å². The van der Waals surface area contributed by atoms with Crippen LogP contribution in [0.25, 0.3) is 10.9 Å². The van der Waals surface area contributed by atoms with E-state index in [4.69, 9.17) is 23.2 Å². The average Bonchev–Trinajstić information content (AvgIpc) is 2.57. The minimum absolute atomic E-state index is 0.200. The summed E-state index contributed by atoms with van der Waals surface area (Å²) in [5.74, 6) is 0.0977. The predicted molar refractivity (Wildman–Crippen MR) is 105 cm³/mol. The summed E-state index contributed by atoms with van der Waals surface area (Å²) in [7, 11) is 0. The molecule has 1 N–H and O–H groups in total. The topological polar surface area (TPSA) is 54.9 Å². The SMILES string of the molecule is Cc1cc(S[C@@H](C)C(=O)Nc2ncc(Cl)cc2Cl)nc2ccccc12. The molecule has 25 heavy (non-hydrogen) atoms. The summed E-state index contributed by atoms with van der Waals surface area (Å²) >= 11 is 13.2. The van der Waals surface area contributed by atoms with Gasteiger partial charge >= 0.3 is 0 Å². The van der Waals surface area contributed by atoms with Crippen LogP contribution in [0, 0.1) is 6.92 Å². The Hall–Kier alpha value is -1.82. The molecule has 0 aliphatic heterocycles. The monoisotopic (exact) mass is 391 g/mol. The van der Waals surface area contributed by atoms with Gasteiger partial charge in [-0.2, -0.15) is 0 Å². The van der Waals surface area contributed by atoms with E-state index < -0.39 is 0 Å². The Bertz CT molecular complexity index is 949. The number of nitrogens with zero attached hydrogens (tertiary/aromatic N) is 2. The number of nitrogens with one attached hydrogen (secondary N) is 1. The quantitative estimate of drug-likeness (QED) is 0.607. The lowest BCUT2D eigenvalue weighted by molar-refractivity contribution is -0.115. The van der Waals surface area contributed by atoms with Crippen molar-refractivity contribution in [2.45, 2.75) is 24.1 Å². The molecule has 3 aromatic rings. The number of rotatable bonds is 4. The first kappa shape index (κ1) is 18.0. The highest BCUT2D eigenvalue weighted by Gasteiger charge is 2.18. The molecule has 0 aliphatic carbocycles. The zero-order valence-corrected chi connectivity index (χ0v) is 15.9.